The molecule has 7 heteroatoms. The fourth-order valence-corrected chi connectivity index (χ4v) is 3.70. The first-order chi connectivity index (χ1) is 9.02. The van der Waals surface area contributed by atoms with Crippen molar-refractivity contribution in [2.24, 2.45) is 5.92 Å². The lowest BCUT2D eigenvalue weighted by molar-refractivity contribution is -0.143. The molecule has 0 bridgehead atoms. The maximum atomic E-state index is 12.3. The summed E-state index contributed by atoms with van der Waals surface area (Å²) in [4.78, 5) is 25.4. The number of carboxylic acids is 1. The highest BCUT2D eigenvalue weighted by atomic mass is 79.9. The Bertz CT molecular complexity index is 494. The van der Waals surface area contributed by atoms with Crippen molar-refractivity contribution in [2.75, 3.05) is 20.2 Å². The monoisotopic (exact) mass is 347 g/mol. The lowest BCUT2D eigenvalue weighted by Gasteiger charge is -2.29. The maximum Gasteiger partial charge on any atom is 0.306 e. The Balaban J connectivity index is 2.03. The molecule has 1 amide bonds. The third-order valence-electron chi connectivity index (χ3n) is 3.22. The Kier molecular flexibility index (Phi) is 4.46. The Morgan fingerprint density at radius 3 is 2.58 bits per heavy atom. The van der Waals surface area contributed by atoms with Crippen LogP contribution in [0.5, 0.6) is 5.75 Å². The fourth-order valence-electron chi connectivity index (χ4n) is 2.08. The largest absolute Gasteiger partial charge is 0.495 e. The van der Waals surface area contributed by atoms with Gasteiger partial charge in [-0.3, -0.25) is 9.59 Å². The van der Waals surface area contributed by atoms with Crippen LogP contribution in [-0.2, 0) is 4.79 Å². The predicted molar refractivity (Wildman–Crippen MR) is 74.8 cm³/mol. The van der Waals surface area contributed by atoms with Crippen molar-refractivity contribution in [1.82, 2.24) is 4.90 Å². The summed E-state index contributed by atoms with van der Waals surface area (Å²) in [6, 6.07) is 1.71. The average molecular weight is 348 g/mol. The van der Waals surface area contributed by atoms with Crippen molar-refractivity contribution in [2.45, 2.75) is 12.8 Å². The van der Waals surface area contributed by atoms with E-state index in [1.54, 1.807) is 18.1 Å². The molecule has 1 saturated heterocycles. The number of ether oxygens (including phenoxy) is 1. The molecule has 1 aliphatic heterocycles. The second kappa shape index (κ2) is 5.92. The number of carbonyl (C=O) groups is 2. The zero-order chi connectivity index (χ0) is 14.0. The van der Waals surface area contributed by atoms with E-state index in [4.69, 9.17) is 9.84 Å². The molecule has 1 fully saturated rings. The van der Waals surface area contributed by atoms with E-state index in [2.05, 4.69) is 15.9 Å². The molecule has 2 rings (SSSR count). The molecule has 1 aliphatic rings. The van der Waals surface area contributed by atoms with Crippen LogP contribution in [0.3, 0.4) is 0 Å². The lowest BCUT2D eigenvalue weighted by atomic mass is 9.97. The van der Waals surface area contributed by atoms with Gasteiger partial charge in [0.2, 0.25) is 0 Å². The Morgan fingerprint density at radius 1 is 1.47 bits per heavy atom. The van der Waals surface area contributed by atoms with E-state index in [1.165, 1.54) is 11.3 Å². The number of rotatable bonds is 3. The minimum atomic E-state index is -0.771. The number of hydrogen-bond donors (Lipinski definition) is 1. The van der Waals surface area contributed by atoms with Gasteiger partial charge in [0.15, 0.2) is 0 Å². The van der Waals surface area contributed by atoms with Crippen molar-refractivity contribution >= 4 is 39.1 Å². The summed E-state index contributed by atoms with van der Waals surface area (Å²) >= 11 is 4.68. The Labute approximate surface area is 123 Å². The van der Waals surface area contributed by atoms with Crippen LogP contribution in [0.2, 0.25) is 0 Å². The van der Waals surface area contributed by atoms with E-state index in [9.17, 15) is 9.59 Å². The number of amides is 1. The van der Waals surface area contributed by atoms with Gasteiger partial charge < -0.3 is 14.7 Å². The van der Waals surface area contributed by atoms with Gasteiger partial charge in [0.05, 0.1) is 17.9 Å². The summed E-state index contributed by atoms with van der Waals surface area (Å²) in [7, 11) is 1.55. The number of carbonyl (C=O) groups excluding carboxylic acids is 1. The molecule has 5 nitrogen and oxygen atoms in total. The highest BCUT2D eigenvalue weighted by molar-refractivity contribution is 9.11. The molecule has 104 valence electrons. The first-order valence-corrected chi connectivity index (χ1v) is 7.49. The molecule has 0 aromatic carbocycles. The third kappa shape index (κ3) is 3.09. The highest BCUT2D eigenvalue weighted by Gasteiger charge is 2.28. The van der Waals surface area contributed by atoms with Gasteiger partial charge in [-0.1, -0.05) is 0 Å². The predicted octanol–water partition coefficient (Wildman–Crippen LogP) is 2.46. The molecule has 0 spiro atoms. The summed E-state index contributed by atoms with van der Waals surface area (Å²) in [5.41, 5.74) is 0. The minimum absolute atomic E-state index is 0.0576. The molecule has 19 heavy (non-hydrogen) atoms. The van der Waals surface area contributed by atoms with Crippen LogP contribution in [-0.4, -0.2) is 42.1 Å². The van der Waals surface area contributed by atoms with E-state index in [0.717, 1.165) is 3.79 Å². The number of hydrogen-bond acceptors (Lipinski definition) is 4. The fraction of sp³-hybridized carbons (Fsp3) is 0.500. The average Bonchev–Trinajstić information content (AvgIpc) is 2.79. The van der Waals surface area contributed by atoms with Crippen LogP contribution < -0.4 is 4.74 Å². The van der Waals surface area contributed by atoms with Gasteiger partial charge >= 0.3 is 5.97 Å². The number of likely N-dealkylation sites (tertiary alicyclic amines) is 1. The van der Waals surface area contributed by atoms with Crippen molar-refractivity contribution in [1.29, 1.82) is 0 Å². The first-order valence-electron chi connectivity index (χ1n) is 5.88. The molecule has 1 aromatic rings. The first kappa shape index (κ1) is 14.3. The van der Waals surface area contributed by atoms with Crippen LogP contribution in [0.25, 0.3) is 0 Å². The van der Waals surface area contributed by atoms with Gasteiger partial charge in [-0.05, 0) is 28.8 Å². The van der Waals surface area contributed by atoms with Crippen LogP contribution >= 0.6 is 27.3 Å². The van der Waals surface area contributed by atoms with E-state index in [-0.39, 0.29) is 11.8 Å². The Hall–Kier alpha value is -1.08. The van der Waals surface area contributed by atoms with Crippen LogP contribution in [0.1, 0.15) is 22.5 Å². The molecular formula is C12H14BrNO4S. The molecule has 0 atom stereocenters. The van der Waals surface area contributed by atoms with E-state index in [0.29, 0.717) is 36.6 Å². The topological polar surface area (TPSA) is 66.8 Å². The zero-order valence-electron chi connectivity index (χ0n) is 10.4. The lowest BCUT2D eigenvalue weighted by Crippen LogP contribution is -2.39. The van der Waals surface area contributed by atoms with Crippen LogP contribution in [0.4, 0.5) is 0 Å². The number of thiophene rings is 1. The van der Waals surface area contributed by atoms with Crippen molar-refractivity contribution in [3.63, 3.8) is 0 Å². The summed E-state index contributed by atoms with van der Waals surface area (Å²) in [6.07, 6.45) is 1.04. The van der Waals surface area contributed by atoms with Crippen LogP contribution in [0, 0.1) is 5.92 Å². The van der Waals surface area contributed by atoms with Crippen LogP contribution in [0.15, 0.2) is 9.85 Å². The Morgan fingerprint density at radius 2 is 2.11 bits per heavy atom. The quantitative estimate of drug-likeness (QED) is 0.911. The van der Waals surface area contributed by atoms with Gasteiger partial charge in [-0.2, -0.15) is 0 Å². The summed E-state index contributed by atoms with van der Waals surface area (Å²) < 4.78 is 5.92. The summed E-state index contributed by atoms with van der Waals surface area (Å²) in [5.74, 6) is -0.507. The third-order valence-corrected chi connectivity index (χ3v) is 4.99. The summed E-state index contributed by atoms with van der Waals surface area (Å²) in [5, 5.41) is 8.93. The van der Waals surface area contributed by atoms with Gasteiger partial charge in [-0.15, -0.1) is 11.3 Å². The molecule has 0 saturated carbocycles. The molecule has 2 heterocycles. The minimum Gasteiger partial charge on any atom is -0.495 e. The highest BCUT2D eigenvalue weighted by Crippen LogP contribution is 2.35. The number of halogens is 1. The van der Waals surface area contributed by atoms with Gasteiger partial charge in [-0.25, -0.2) is 0 Å². The van der Waals surface area contributed by atoms with Gasteiger partial charge in [0.25, 0.3) is 5.91 Å². The van der Waals surface area contributed by atoms with Crippen molar-refractivity contribution in [3.05, 3.63) is 14.7 Å². The molecular weight excluding hydrogens is 334 g/mol. The second-order valence-electron chi connectivity index (χ2n) is 4.36. The summed E-state index contributed by atoms with van der Waals surface area (Å²) in [6.45, 7) is 0.987. The molecule has 0 aliphatic carbocycles. The number of aliphatic carboxylic acids is 1. The SMILES string of the molecule is COc1cc(C(=O)N2CCC(C(=O)O)CC2)sc1Br. The number of carboxylic acid groups (broad SMARTS) is 1. The van der Waals surface area contributed by atoms with E-state index < -0.39 is 5.97 Å². The van der Waals surface area contributed by atoms with Gasteiger partial charge in [0.1, 0.15) is 9.54 Å². The maximum absolute atomic E-state index is 12.3. The van der Waals surface area contributed by atoms with E-state index >= 15 is 0 Å². The van der Waals surface area contributed by atoms with Gasteiger partial charge in [0, 0.05) is 19.2 Å². The smallest absolute Gasteiger partial charge is 0.306 e. The number of piperidine rings is 1. The van der Waals surface area contributed by atoms with Crippen molar-refractivity contribution in [3.8, 4) is 5.75 Å². The van der Waals surface area contributed by atoms with E-state index in [1.807, 2.05) is 0 Å². The standard InChI is InChI=1S/C12H14BrNO4S/c1-18-8-6-9(19-10(8)13)11(15)14-4-2-7(3-5-14)12(16)17/h6-7H,2-5H2,1H3,(H,16,17). The molecule has 1 aromatic heterocycles. The molecule has 1 N–H and O–H groups in total. The molecule has 0 radical (unpaired) electrons. The number of nitrogens with zero attached hydrogens (tertiary/aromatic N) is 1. The normalized spacial score (nSPS) is 16.4. The zero-order valence-corrected chi connectivity index (χ0v) is 12.8. The number of methoxy groups -OCH3 is 1. The molecule has 0 unspecified atom stereocenters. The van der Waals surface area contributed by atoms with Crippen molar-refractivity contribution < 1.29 is 19.4 Å². The second-order valence-corrected chi connectivity index (χ2v) is 6.73.